The van der Waals surface area contributed by atoms with Crippen molar-refractivity contribution in [3.8, 4) is 11.1 Å². The Morgan fingerprint density at radius 2 is 1.96 bits per heavy atom. The predicted octanol–water partition coefficient (Wildman–Crippen LogP) is 3.89. The maximum Gasteiger partial charge on any atom is 0.320 e. The number of benzene rings is 1. The van der Waals surface area contributed by atoms with Crippen LogP contribution in [0.25, 0.3) is 21.9 Å². The average Bonchev–Trinajstić information content (AvgIpc) is 2.55. The van der Waals surface area contributed by atoms with Crippen molar-refractivity contribution in [1.29, 1.82) is 0 Å². The van der Waals surface area contributed by atoms with E-state index < -0.39 is 5.95 Å². The number of urea groups is 1. The Hall–Kier alpha value is -3.02. The van der Waals surface area contributed by atoms with E-state index in [0.717, 1.165) is 27.5 Å². The van der Waals surface area contributed by atoms with Gasteiger partial charge in [-0.05, 0) is 54.6 Å². The lowest BCUT2D eigenvalue weighted by atomic mass is 9.99. The number of nitrogens with one attached hydrogen (secondary N) is 2. The summed E-state index contributed by atoms with van der Waals surface area (Å²) in [6, 6.07) is 8.54. The molecule has 0 radical (unpaired) electrons. The fraction of sp³-hybridized carbons (Fsp3) is 0.167. The Morgan fingerprint density at radius 3 is 2.67 bits per heavy atom. The molecule has 0 saturated carbocycles. The second kappa shape index (κ2) is 6.62. The number of rotatable bonds is 3. The van der Waals surface area contributed by atoms with Crippen LogP contribution in [0.5, 0.6) is 0 Å². The summed E-state index contributed by atoms with van der Waals surface area (Å²) in [6.45, 7) is 4.38. The molecular formula is C18H17FN4O. The van der Waals surface area contributed by atoms with Crippen LogP contribution in [0.3, 0.4) is 0 Å². The zero-order chi connectivity index (χ0) is 17.1. The molecule has 0 saturated heterocycles. The van der Waals surface area contributed by atoms with Gasteiger partial charge in [0.15, 0.2) is 0 Å². The quantitative estimate of drug-likeness (QED) is 0.718. The molecule has 2 amide bonds. The highest BCUT2D eigenvalue weighted by Crippen LogP contribution is 2.28. The van der Waals surface area contributed by atoms with Gasteiger partial charge in [-0.3, -0.25) is 5.32 Å². The minimum Gasteiger partial charge on any atom is -0.338 e. The van der Waals surface area contributed by atoms with Crippen molar-refractivity contribution >= 4 is 22.6 Å². The Kier molecular flexibility index (Phi) is 4.37. The fourth-order valence-electron chi connectivity index (χ4n) is 2.54. The summed E-state index contributed by atoms with van der Waals surface area (Å²) in [5.74, 6) is -0.0314. The number of pyridine rings is 2. The van der Waals surface area contributed by atoms with Gasteiger partial charge in [-0.25, -0.2) is 14.8 Å². The molecule has 24 heavy (non-hydrogen) atoms. The number of halogens is 1. The summed E-state index contributed by atoms with van der Waals surface area (Å²) < 4.78 is 13.0. The maximum absolute atomic E-state index is 13.0. The number of anilines is 1. The number of nitrogens with zero attached hydrogens (tertiary/aromatic N) is 2. The summed E-state index contributed by atoms with van der Waals surface area (Å²) in [5.41, 5.74) is 2.81. The molecule has 0 aliphatic carbocycles. The van der Waals surface area contributed by atoms with Crippen LogP contribution in [0.15, 0.2) is 42.7 Å². The van der Waals surface area contributed by atoms with Crippen LogP contribution < -0.4 is 10.6 Å². The van der Waals surface area contributed by atoms with Crippen molar-refractivity contribution in [3.63, 3.8) is 0 Å². The van der Waals surface area contributed by atoms with Crippen LogP contribution in [-0.2, 0) is 0 Å². The van der Waals surface area contributed by atoms with Gasteiger partial charge >= 0.3 is 6.03 Å². The van der Waals surface area contributed by atoms with E-state index >= 15 is 0 Å². The highest BCUT2D eigenvalue weighted by atomic mass is 19.1. The number of hydrogen-bond acceptors (Lipinski definition) is 3. The highest BCUT2D eigenvalue weighted by molar-refractivity contribution is 5.94. The van der Waals surface area contributed by atoms with E-state index in [1.165, 1.54) is 12.3 Å². The standard InChI is InChI=1S/C18H17FN4O/c1-3-20-18(24)23-17-8-14-7-13(6-11(2)15(14)10-22-17)12-4-5-16(19)21-9-12/h4-10H,3H2,1-2H3,(H2,20,22,23,24). The van der Waals surface area contributed by atoms with E-state index in [1.807, 2.05) is 32.0 Å². The molecule has 3 aromatic rings. The van der Waals surface area contributed by atoms with Crippen LogP contribution in [0.4, 0.5) is 15.0 Å². The SMILES string of the molecule is CCNC(=O)Nc1cc2cc(-c3ccc(F)nc3)cc(C)c2cn1. The second-order valence-corrected chi connectivity index (χ2v) is 5.44. The molecule has 2 N–H and O–H groups in total. The zero-order valence-electron chi connectivity index (χ0n) is 13.4. The summed E-state index contributed by atoms with van der Waals surface area (Å²) in [5, 5.41) is 7.30. The van der Waals surface area contributed by atoms with Crippen molar-refractivity contribution in [3.05, 3.63) is 54.2 Å². The van der Waals surface area contributed by atoms with Crippen LogP contribution in [0.2, 0.25) is 0 Å². The largest absolute Gasteiger partial charge is 0.338 e. The third-order valence-corrected chi connectivity index (χ3v) is 3.68. The molecule has 0 spiro atoms. The molecule has 0 aliphatic rings. The van der Waals surface area contributed by atoms with Crippen molar-refractivity contribution in [1.82, 2.24) is 15.3 Å². The number of hydrogen-bond donors (Lipinski definition) is 2. The van der Waals surface area contributed by atoms with Crippen LogP contribution >= 0.6 is 0 Å². The molecule has 0 atom stereocenters. The van der Waals surface area contributed by atoms with Gasteiger partial charge in [0.25, 0.3) is 0 Å². The lowest BCUT2D eigenvalue weighted by Gasteiger charge is -2.10. The molecule has 0 fully saturated rings. The smallest absolute Gasteiger partial charge is 0.320 e. The number of carbonyl (C=O) groups excluding carboxylic acids is 1. The molecular weight excluding hydrogens is 307 g/mol. The Labute approximate surface area is 138 Å². The summed E-state index contributed by atoms with van der Waals surface area (Å²) in [6.07, 6.45) is 3.24. The van der Waals surface area contributed by atoms with Gasteiger partial charge in [0.2, 0.25) is 5.95 Å². The van der Waals surface area contributed by atoms with E-state index in [0.29, 0.717) is 12.4 Å². The average molecular weight is 324 g/mol. The molecule has 3 rings (SSSR count). The van der Waals surface area contributed by atoms with E-state index in [9.17, 15) is 9.18 Å². The number of aryl methyl sites for hydroxylation is 1. The third-order valence-electron chi connectivity index (χ3n) is 3.68. The molecule has 122 valence electrons. The molecule has 0 aliphatic heterocycles. The monoisotopic (exact) mass is 324 g/mol. The maximum atomic E-state index is 13.0. The summed E-state index contributed by atoms with van der Waals surface area (Å²) >= 11 is 0. The Morgan fingerprint density at radius 1 is 1.12 bits per heavy atom. The minimum atomic E-state index is -0.506. The first-order valence-corrected chi connectivity index (χ1v) is 7.64. The van der Waals surface area contributed by atoms with Gasteiger partial charge in [0.05, 0.1) is 0 Å². The first kappa shape index (κ1) is 15.9. The summed E-state index contributed by atoms with van der Waals surface area (Å²) in [4.78, 5) is 19.6. The molecule has 2 heterocycles. The van der Waals surface area contributed by atoms with Gasteiger partial charge in [-0.1, -0.05) is 6.07 Å². The highest BCUT2D eigenvalue weighted by Gasteiger charge is 2.07. The lowest BCUT2D eigenvalue weighted by molar-refractivity contribution is 0.252. The Bertz CT molecular complexity index is 893. The van der Waals surface area contributed by atoms with Crippen molar-refractivity contribution in [2.24, 2.45) is 0 Å². The fourth-order valence-corrected chi connectivity index (χ4v) is 2.54. The van der Waals surface area contributed by atoms with Crippen molar-refractivity contribution < 1.29 is 9.18 Å². The zero-order valence-corrected chi connectivity index (χ0v) is 13.4. The van der Waals surface area contributed by atoms with Crippen molar-refractivity contribution in [2.75, 3.05) is 11.9 Å². The molecule has 0 unspecified atom stereocenters. The Balaban J connectivity index is 2.01. The normalized spacial score (nSPS) is 10.6. The summed E-state index contributed by atoms with van der Waals surface area (Å²) in [7, 11) is 0. The number of fused-ring (bicyclic) bond motifs is 1. The molecule has 1 aromatic carbocycles. The van der Waals surface area contributed by atoms with Crippen LogP contribution in [-0.4, -0.2) is 22.5 Å². The number of amides is 2. The predicted molar refractivity (Wildman–Crippen MR) is 92.4 cm³/mol. The van der Waals surface area contributed by atoms with Gasteiger partial charge in [-0.15, -0.1) is 0 Å². The molecule has 2 aromatic heterocycles. The lowest BCUT2D eigenvalue weighted by Crippen LogP contribution is -2.28. The van der Waals surface area contributed by atoms with E-state index in [-0.39, 0.29) is 6.03 Å². The third kappa shape index (κ3) is 3.32. The van der Waals surface area contributed by atoms with E-state index in [2.05, 4.69) is 20.6 Å². The van der Waals surface area contributed by atoms with Crippen LogP contribution in [0.1, 0.15) is 12.5 Å². The molecule has 6 heteroatoms. The second-order valence-electron chi connectivity index (χ2n) is 5.44. The van der Waals surface area contributed by atoms with Crippen LogP contribution in [0, 0.1) is 12.9 Å². The number of aromatic nitrogens is 2. The first-order chi connectivity index (χ1) is 11.6. The minimum absolute atomic E-state index is 0.292. The van der Waals surface area contributed by atoms with Crippen molar-refractivity contribution in [2.45, 2.75) is 13.8 Å². The number of carbonyl (C=O) groups is 1. The van der Waals surface area contributed by atoms with E-state index in [4.69, 9.17) is 0 Å². The molecule has 5 nitrogen and oxygen atoms in total. The van der Waals surface area contributed by atoms with Gasteiger partial charge in [-0.2, -0.15) is 4.39 Å². The van der Waals surface area contributed by atoms with Gasteiger partial charge < -0.3 is 5.32 Å². The van der Waals surface area contributed by atoms with Gasteiger partial charge in [0.1, 0.15) is 5.82 Å². The van der Waals surface area contributed by atoms with E-state index in [1.54, 1.807) is 12.3 Å². The van der Waals surface area contributed by atoms with Gasteiger partial charge in [0, 0.05) is 29.9 Å². The molecule has 0 bridgehead atoms. The first-order valence-electron chi connectivity index (χ1n) is 7.64. The topological polar surface area (TPSA) is 66.9 Å².